The first-order valence-corrected chi connectivity index (χ1v) is 18.7. The Morgan fingerprint density at radius 3 is 2.20 bits per heavy atom. The molecule has 5 fully saturated rings. The number of ketones is 1. The van der Waals surface area contributed by atoms with Gasteiger partial charge >= 0.3 is 12.0 Å². The molecule has 1 saturated heterocycles. The fourth-order valence-electron chi connectivity index (χ4n) is 9.00. The van der Waals surface area contributed by atoms with Crippen molar-refractivity contribution < 1.29 is 33.5 Å². The molecule has 0 bridgehead atoms. The van der Waals surface area contributed by atoms with Crippen LogP contribution >= 0.6 is 0 Å². The molecule has 1 heterocycles. The number of carbonyl (C=O) groups excluding carboxylic acids is 6. The Labute approximate surface area is 294 Å². The van der Waals surface area contributed by atoms with E-state index in [1.54, 1.807) is 29.2 Å². The molecular formula is C38H53N5O7. The lowest BCUT2D eigenvalue weighted by molar-refractivity contribution is -0.144. The summed E-state index contributed by atoms with van der Waals surface area (Å²) in [5.41, 5.74) is 4.85. The second kappa shape index (κ2) is 14.7. The zero-order valence-corrected chi connectivity index (χ0v) is 29.4. The second-order valence-corrected chi connectivity index (χ2v) is 16.1. The molecule has 5 atom stereocenters. The van der Waals surface area contributed by atoms with Crippen LogP contribution in [0.1, 0.15) is 108 Å². The number of urea groups is 1. The van der Waals surface area contributed by atoms with Gasteiger partial charge in [0, 0.05) is 6.54 Å². The summed E-state index contributed by atoms with van der Waals surface area (Å²) in [4.78, 5) is 81.5. The van der Waals surface area contributed by atoms with Gasteiger partial charge in [-0.2, -0.15) is 0 Å². The highest BCUT2D eigenvalue weighted by Crippen LogP contribution is 2.65. The molecule has 1 aromatic carbocycles. The van der Waals surface area contributed by atoms with E-state index in [9.17, 15) is 28.8 Å². The summed E-state index contributed by atoms with van der Waals surface area (Å²) in [6, 6.07) is 5.55. The maximum absolute atomic E-state index is 14.6. The molecular weight excluding hydrogens is 638 g/mol. The van der Waals surface area contributed by atoms with E-state index in [1.165, 1.54) is 0 Å². The highest BCUT2D eigenvalue weighted by atomic mass is 16.5. The van der Waals surface area contributed by atoms with E-state index < -0.39 is 53.3 Å². The van der Waals surface area contributed by atoms with Gasteiger partial charge in [0.25, 0.3) is 5.91 Å². The van der Waals surface area contributed by atoms with Crippen LogP contribution in [0.4, 0.5) is 4.79 Å². The van der Waals surface area contributed by atoms with Crippen molar-refractivity contribution in [2.45, 2.75) is 121 Å². The summed E-state index contributed by atoms with van der Waals surface area (Å²) >= 11 is 0. The van der Waals surface area contributed by atoms with E-state index >= 15 is 0 Å². The van der Waals surface area contributed by atoms with Crippen LogP contribution in [-0.4, -0.2) is 77.2 Å². The zero-order valence-electron chi connectivity index (χ0n) is 29.4. The Morgan fingerprint density at radius 2 is 1.56 bits per heavy atom. The van der Waals surface area contributed by atoms with Crippen LogP contribution in [0.3, 0.4) is 0 Å². The molecule has 1 aromatic rings. The van der Waals surface area contributed by atoms with E-state index in [4.69, 9.17) is 10.5 Å². The summed E-state index contributed by atoms with van der Waals surface area (Å²) in [7, 11) is 0. The molecule has 0 radical (unpaired) electrons. The maximum Gasteiger partial charge on any atom is 0.338 e. The van der Waals surface area contributed by atoms with Gasteiger partial charge in [-0.05, 0) is 73.3 Å². The lowest BCUT2D eigenvalue weighted by Crippen LogP contribution is -2.62. The number of fused-ring (bicyclic) bond motifs is 1. The van der Waals surface area contributed by atoms with Crippen LogP contribution < -0.4 is 21.7 Å². The van der Waals surface area contributed by atoms with Gasteiger partial charge in [-0.1, -0.05) is 83.4 Å². The number of hydrogen-bond acceptors (Lipinski definition) is 7. The summed E-state index contributed by atoms with van der Waals surface area (Å²) in [6.45, 7) is 4.56. The van der Waals surface area contributed by atoms with Crippen LogP contribution in [-0.2, 0) is 23.9 Å². The number of piperidine rings is 1. The topological polar surface area (TPSA) is 177 Å². The quantitative estimate of drug-likeness (QED) is 0.180. The van der Waals surface area contributed by atoms with Gasteiger partial charge in [-0.3, -0.25) is 19.2 Å². The first-order chi connectivity index (χ1) is 23.9. The van der Waals surface area contributed by atoms with Gasteiger partial charge in [-0.15, -0.1) is 0 Å². The average Bonchev–Trinajstić information content (AvgIpc) is 3.97. The van der Waals surface area contributed by atoms with Gasteiger partial charge in [0.05, 0.1) is 17.1 Å². The van der Waals surface area contributed by atoms with Crippen molar-refractivity contribution in [2.24, 2.45) is 34.8 Å². The van der Waals surface area contributed by atoms with E-state index in [0.29, 0.717) is 31.4 Å². The van der Waals surface area contributed by atoms with Crippen molar-refractivity contribution in [3.8, 4) is 0 Å². The summed E-state index contributed by atoms with van der Waals surface area (Å²) in [5.74, 6) is -2.98. The normalized spacial score (nSPS) is 26.4. The SMILES string of the molecule is CC1(C)[C@@H]2[C@@H](C(=O)NC(CC3CC3)C(=O)C(N)=O)N(C(=O)[C@@H](NC(=O)NC3(COC(=O)c4ccccc4)CCCCC3)C3CCCCC3)C[C@@H]21. The number of likely N-dealkylation sites (tertiary alicyclic amines) is 1. The summed E-state index contributed by atoms with van der Waals surface area (Å²) in [6.07, 6.45) is 10.7. The minimum atomic E-state index is -1.09. The van der Waals surface area contributed by atoms with Crippen molar-refractivity contribution >= 4 is 35.5 Å². The van der Waals surface area contributed by atoms with Gasteiger partial charge in [0.2, 0.25) is 17.6 Å². The highest BCUT2D eigenvalue weighted by molar-refractivity contribution is 6.37. The molecule has 12 heteroatoms. The molecule has 272 valence electrons. The number of Topliss-reactive ketones (excluding diaryl/α,β-unsaturated/α-hetero) is 1. The van der Waals surface area contributed by atoms with E-state index in [0.717, 1.165) is 64.2 Å². The number of nitrogens with one attached hydrogen (secondary N) is 3. The molecule has 1 unspecified atom stereocenters. The fraction of sp³-hybridized carbons (Fsp3) is 0.684. The van der Waals surface area contributed by atoms with Gasteiger partial charge in [0.1, 0.15) is 18.7 Å². The van der Waals surface area contributed by atoms with E-state index in [2.05, 4.69) is 29.8 Å². The Hall–Kier alpha value is -3.96. The van der Waals surface area contributed by atoms with Crippen molar-refractivity contribution in [2.75, 3.05) is 13.2 Å². The van der Waals surface area contributed by atoms with Crippen LogP contribution in [0, 0.1) is 29.1 Å². The lowest BCUT2D eigenvalue weighted by atomic mass is 9.82. The first kappa shape index (κ1) is 35.9. The van der Waals surface area contributed by atoms with Crippen LogP contribution in [0.25, 0.3) is 0 Å². The summed E-state index contributed by atoms with van der Waals surface area (Å²) < 4.78 is 5.74. The number of rotatable bonds is 13. The molecule has 4 aliphatic carbocycles. The Morgan fingerprint density at radius 1 is 0.900 bits per heavy atom. The van der Waals surface area contributed by atoms with Crippen molar-refractivity contribution in [3.05, 3.63) is 35.9 Å². The molecule has 0 aromatic heterocycles. The first-order valence-electron chi connectivity index (χ1n) is 18.7. The molecule has 5 aliphatic rings. The number of benzene rings is 1. The molecule has 50 heavy (non-hydrogen) atoms. The zero-order chi connectivity index (χ0) is 35.6. The molecule has 4 saturated carbocycles. The number of hydrogen-bond donors (Lipinski definition) is 4. The van der Waals surface area contributed by atoms with Crippen LogP contribution in [0.15, 0.2) is 30.3 Å². The third-order valence-corrected chi connectivity index (χ3v) is 12.3. The molecule has 12 nitrogen and oxygen atoms in total. The van der Waals surface area contributed by atoms with E-state index in [-0.39, 0.29) is 41.6 Å². The third-order valence-electron chi connectivity index (χ3n) is 12.3. The molecule has 0 spiro atoms. The van der Waals surface area contributed by atoms with Crippen LogP contribution in [0.5, 0.6) is 0 Å². The number of carbonyl (C=O) groups is 6. The van der Waals surface area contributed by atoms with Crippen molar-refractivity contribution in [1.29, 1.82) is 0 Å². The van der Waals surface area contributed by atoms with Gasteiger partial charge in [0.15, 0.2) is 0 Å². The van der Waals surface area contributed by atoms with E-state index in [1.807, 2.05) is 6.07 Å². The molecule has 6 rings (SSSR count). The number of nitrogens with zero attached hydrogens (tertiary/aromatic N) is 1. The maximum atomic E-state index is 14.6. The number of ether oxygens (including phenoxy) is 1. The highest BCUT2D eigenvalue weighted by Gasteiger charge is 2.69. The Bertz CT molecular complexity index is 1460. The largest absolute Gasteiger partial charge is 0.460 e. The van der Waals surface area contributed by atoms with Crippen molar-refractivity contribution in [3.63, 3.8) is 0 Å². The Kier molecular flexibility index (Phi) is 10.6. The number of primary amides is 1. The number of esters is 1. The summed E-state index contributed by atoms with van der Waals surface area (Å²) in [5, 5.41) is 9.00. The minimum Gasteiger partial charge on any atom is -0.460 e. The lowest BCUT2D eigenvalue weighted by Gasteiger charge is -2.40. The Balaban J connectivity index is 1.18. The fourth-order valence-corrected chi connectivity index (χ4v) is 9.00. The second-order valence-electron chi connectivity index (χ2n) is 16.1. The van der Waals surface area contributed by atoms with Gasteiger partial charge < -0.3 is 31.3 Å². The smallest absolute Gasteiger partial charge is 0.338 e. The molecule has 1 aliphatic heterocycles. The molecule has 5 amide bonds. The number of nitrogens with two attached hydrogens (primary N) is 1. The standard InChI is InChI=1S/C38H53N5O7/c1-37(2)26-21-43(30(28(26)37)33(46)40-27(20-23-16-17-23)31(44)32(39)45)34(47)29(24-12-6-3-7-13-24)41-36(49)42-38(18-10-5-11-19-38)22-50-35(48)25-14-8-4-9-15-25/h4,8-9,14-15,23-24,26-30H,3,5-7,10-13,16-22H2,1-2H3,(H2,39,45)(H,40,46)(H2,41,42,49)/t26-,27?,28-,29-,30-/m0/s1. The average molecular weight is 692 g/mol. The predicted molar refractivity (Wildman–Crippen MR) is 184 cm³/mol. The monoisotopic (exact) mass is 691 g/mol. The predicted octanol–water partition coefficient (Wildman–Crippen LogP) is 3.62. The molecule has 5 N–H and O–H groups in total. The van der Waals surface area contributed by atoms with Gasteiger partial charge in [-0.25, -0.2) is 9.59 Å². The number of amides is 5. The van der Waals surface area contributed by atoms with Crippen molar-refractivity contribution in [1.82, 2.24) is 20.9 Å². The minimum absolute atomic E-state index is 0.0229. The van der Waals surface area contributed by atoms with Crippen LogP contribution in [0.2, 0.25) is 0 Å². The third kappa shape index (κ3) is 7.84.